The van der Waals surface area contributed by atoms with E-state index in [1.807, 2.05) is 0 Å². The number of aliphatic hydroxyl groups excluding tert-OH is 1. The largest absolute Gasteiger partial charge is 0.480 e. The van der Waals surface area contributed by atoms with Gasteiger partial charge in [-0.05, 0) is 19.1 Å². The average molecular weight is 330 g/mol. The number of ketones is 1. The molecule has 0 aliphatic carbocycles. The molecule has 0 bridgehead atoms. The Labute approximate surface area is 119 Å². The Bertz CT molecular complexity index is 444. The van der Waals surface area contributed by atoms with Gasteiger partial charge in [-0.15, -0.1) is 0 Å². The van der Waals surface area contributed by atoms with Gasteiger partial charge < -0.3 is 15.5 Å². The number of aliphatic carboxylic acids is 1. The van der Waals surface area contributed by atoms with Gasteiger partial charge in [0, 0.05) is 23.0 Å². The van der Waals surface area contributed by atoms with Gasteiger partial charge in [-0.25, -0.2) is 0 Å². The molecule has 0 spiro atoms. The molecule has 0 unspecified atom stereocenters. The molecule has 0 radical (unpaired) electrons. The summed E-state index contributed by atoms with van der Waals surface area (Å²) in [5.41, 5.74) is 0.578. The summed E-state index contributed by atoms with van der Waals surface area (Å²) in [5, 5.41) is 20.8. The monoisotopic (exact) mass is 329 g/mol. The summed E-state index contributed by atoms with van der Waals surface area (Å²) in [5.74, 6) is -1.21. The van der Waals surface area contributed by atoms with Crippen molar-refractivity contribution in [2.24, 2.45) is 0 Å². The highest BCUT2D eigenvalue weighted by Crippen LogP contribution is 2.11. The number of rotatable bonds is 7. The number of nitrogens with one attached hydrogen (secondary N) is 1. The van der Waals surface area contributed by atoms with Gasteiger partial charge in [0.1, 0.15) is 6.04 Å². The van der Waals surface area contributed by atoms with Crippen molar-refractivity contribution in [2.75, 3.05) is 6.54 Å². The Hall–Kier alpha value is -1.24. The lowest BCUT2D eigenvalue weighted by atomic mass is 10.1. The first-order chi connectivity index (χ1) is 8.91. The fourth-order valence-corrected chi connectivity index (χ4v) is 1.85. The van der Waals surface area contributed by atoms with Crippen molar-refractivity contribution in [3.05, 3.63) is 34.3 Å². The predicted octanol–water partition coefficient (Wildman–Crippen LogP) is 1.45. The second-order valence-electron chi connectivity index (χ2n) is 4.19. The number of halogens is 1. The predicted molar refractivity (Wildman–Crippen MR) is 74.2 cm³/mol. The van der Waals surface area contributed by atoms with Crippen LogP contribution < -0.4 is 5.32 Å². The molecule has 1 rings (SSSR count). The fourth-order valence-electron chi connectivity index (χ4n) is 1.59. The number of Topliss-reactive ketones (excluding diaryl/α,β-unsaturated/α-hetero) is 1. The minimum absolute atomic E-state index is 0.0743. The van der Waals surface area contributed by atoms with E-state index in [4.69, 9.17) is 5.11 Å². The van der Waals surface area contributed by atoms with Gasteiger partial charge in [-0.2, -0.15) is 0 Å². The molecule has 0 heterocycles. The van der Waals surface area contributed by atoms with Gasteiger partial charge in [0.25, 0.3) is 0 Å². The van der Waals surface area contributed by atoms with Crippen LogP contribution in [-0.4, -0.2) is 40.7 Å². The van der Waals surface area contributed by atoms with Crippen LogP contribution in [0.2, 0.25) is 0 Å². The summed E-state index contributed by atoms with van der Waals surface area (Å²) in [6.07, 6.45) is -0.835. The van der Waals surface area contributed by atoms with Gasteiger partial charge in [0.05, 0.1) is 6.10 Å². The minimum Gasteiger partial charge on any atom is -0.480 e. The SMILES string of the molecule is C[C@@H](O)[C@@H](NCCC(=O)c1ccc(Br)cc1)C(=O)O. The van der Waals surface area contributed by atoms with Crippen molar-refractivity contribution in [3.63, 3.8) is 0 Å². The van der Waals surface area contributed by atoms with Crippen LogP contribution in [0.15, 0.2) is 28.7 Å². The van der Waals surface area contributed by atoms with E-state index in [1.165, 1.54) is 6.92 Å². The molecular weight excluding hydrogens is 314 g/mol. The van der Waals surface area contributed by atoms with Crippen LogP contribution in [0.5, 0.6) is 0 Å². The third kappa shape index (κ3) is 5.10. The van der Waals surface area contributed by atoms with E-state index in [-0.39, 0.29) is 18.7 Å². The Morgan fingerprint density at radius 3 is 2.37 bits per heavy atom. The van der Waals surface area contributed by atoms with E-state index in [1.54, 1.807) is 24.3 Å². The zero-order valence-corrected chi connectivity index (χ0v) is 12.1. The van der Waals surface area contributed by atoms with Crippen molar-refractivity contribution >= 4 is 27.7 Å². The maximum Gasteiger partial charge on any atom is 0.323 e. The summed E-state index contributed by atoms with van der Waals surface area (Å²) < 4.78 is 0.891. The van der Waals surface area contributed by atoms with E-state index < -0.39 is 18.1 Å². The molecule has 19 heavy (non-hydrogen) atoms. The van der Waals surface area contributed by atoms with Crippen LogP contribution in [0, 0.1) is 0 Å². The smallest absolute Gasteiger partial charge is 0.323 e. The normalized spacial score (nSPS) is 13.8. The van der Waals surface area contributed by atoms with Crippen LogP contribution in [-0.2, 0) is 4.79 Å². The molecule has 0 saturated heterocycles. The first kappa shape index (κ1) is 15.8. The number of carboxylic acid groups (broad SMARTS) is 1. The Balaban J connectivity index is 2.46. The summed E-state index contributed by atoms with van der Waals surface area (Å²) in [6, 6.07) is 5.90. The van der Waals surface area contributed by atoms with Gasteiger partial charge in [0.2, 0.25) is 0 Å². The van der Waals surface area contributed by atoms with Gasteiger partial charge in [-0.3, -0.25) is 9.59 Å². The third-order valence-corrected chi connectivity index (χ3v) is 3.16. The van der Waals surface area contributed by atoms with Gasteiger partial charge in [0.15, 0.2) is 5.78 Å². The van der Waals surface area contributed by atoms with Crippen molar-refractivity contribution in [2.45, 2.75) is 25.5 Å². The molecule has 0 aromatic heterocycles. The molecule has 0 amide bonds. The maximum atomic E-state index is 11.8. The highest BCUT2D eigenvalue weighted by atomic mass is 79.9. The average Bonchev–Trinajstić information content (AvgIpc) is 2.34. The first-order valence-electron chi connectivity index (χ1n) is 5.85. The molecule has 0 saturated carbocycles. The van der Waals surface area contributed by atoms with Crippen molar-refractivity contribution in [1.29, 1.82) is 0 Å². The van der Waals surface area contributed by atoms with Crippen LogP contribution in [0.25, 0.3) is 0 Å². The highest BCUT2D eigenvalue weighted by Gasteiger charge is 2.22. The summed E-state index contributed by atoms with van der Waals surface area (Å²) in [4.78, 5) is 22.6. The second kappa shape index (κ2) is 7.37. The van der Waals surface area contributed by atoms with Crippen molar-refractivity contribution in [3.8, 4) is 0 Å². The lowest BCUT2D eigenvalue weighted by molar-refractivity contribution is -0.142. The molecule has 1 aromatic carbocycles. The molecule has 104 valence electrons. The van der Waals surface area contributed by atoms with Crippen LogP contribution in [0.1, 0.15) is 23.7 Å². The number of aliphatic hydroxyl groups is 1. The van der Waals surface area contributed by atoms with E-state index >= 15 is 0 Å². The summed E-state index contributed by atoms with van der Waals surface area (Å²) >= 11 is 3.28. The van der Waals surface area contributed by atoms with E-state index in [0.29, 0.717) is 5.56 Å². The summed E-state index contributed by atoms with van der Waals surface area (Å²) in [7, 11) is 0. The maximum absolute atomic E-state index is 11.8. The van der Waals surface area contributed by atoms with Gasteiger partial charge in [-0.1, -0.05) is 28.1 Å². The van der Waals surface area contributed by atoms with Crippen LogP contribution in [0.4, 0.5) is 0 Å². The Kier molecular flexibility index (Phi) is 6.14. The minimum atomic E-state index is -1.13. The zero-order chi connectivity index (χ0) is 14.4. The standard InChI is InChI=1S/C13H16BrNO4/c1-8(16)12(13(18)19)15-7-6-11(17)9-2-4-10(14)5-3-9/h2-5,8,12,15-16H,6-7H2,1H3,(H,18,19)/t8-,12-/m1/s1. The number of hydrogen-bond donors (Lipinski definition) is 3. The highest BCUT2D eigenvalue weighted by molar-refractivity contribution is 9.10. The lowest BCUT2D eigenvalue weighted by Crippen LogP contribution is -2.45. The first-order valence-corrected chi connectivity index (χ1v) is 6.64. The van der Waals surface area contributed by atoms with Crippen LogP contribution in [0.3, 0.4) is 0 Å². The fraction of sp³-hybridized carbons (Fsp3) is 0.385. The topological polar surface area (TPSA) is 86.6 Å². The van der Waals surface area contributed by atoms with Gasteiger partial charge >= 0.3 is 5.97 Å². The number of benzene rings is 1. The molecule has 0 aliphatic rings. The quantitative estimate of drug-likeness (QED) is 0.659. The molecule has 6 heteroatoms. The summed E-state index contributed by atoms with van der Waals surface area (Å²) in [6.45, 7) is 1.60. The van der Waals surface area contributed by atoms with E-state index in [9.17, 15) is 14.7 Å². The molecular formula is C13H16BrNO4. The van der Waals surface area contributed by atoms with Crippen LogP contribution >= 0.6 is 15.9 Å². The molecule has 5 nitrogen and oxygen atoms in total. The second-order valence-corrected chi connectivity index (χ2v) is 5.11. The molecule has 2 atom stereocenters. The third-order valence-electron chi connectivity index (χ3n) is 2.63. The Morgan fingerprint density at radius 1 is 1.32 bits per heavy atom. The number of carboxylic acids is 1. The molecule has 0 aliphatic heterocycles. The lowest BCUT2D eigenvalue weighted by Gasteiger charge is -2.16. The molecule has 3 N–H and O–H groups in total. The number of hydrogen-bond acceptors (Lipinski definition) is 4. The zero-order valence-electron chi connectivity index (χ0n) is 10.5. The molecule has 1 aromatic rings. The Morgan fingerprint density at radius 2 is 1.89 bits per heavy atom. The molecule has 0 fully saturated rings. The van der Waals surface area contributed by atoms with Crippen molar-refractivity contribution in [1.82, 2.24) is 5.32 Å². The van der Waals surface area contributed by atoms with Crippen molar-refractivity contribution < 1.29 is 19.8 Å². The number of carbonyl (C=O) groups is 2. The van der Waals surface area contributed by atoms with E-state index in [2.05, 4.69) is 21.2 Å². The van der Waals surface area contributed by atoms with E-state index in [0.717, 1.165) is 4.47 Å². The number of carbonyl (C=O) groups excluding carboxylic acids is 1.